The lowest BCUT2D eigenvalue weighted by Crippen LogP contribution is -2.45. The molecule has 1 aromatic heterocycles. The Morgan fingerprint density at radius 1 is 1.32 bits per heavy atom. The van der Waals surface area contributed by atoms with Crippen LogP contribution >= 0.6 is 0 Å². The minimum absolute atomic E-state index is 0.0461. The molecule has 28 heavy (non-hydrogen) atoms. The van der Waals surface area contributed by atoms with Crippen LogP contribution in [0.15, 0.2) is 9.59 Å². The lowest BCUT2D eigenvalue weighted by Gasteiger charge is -2.30. The van der Waals surface area contributed by atoms with Gasteiger partial charge >= 0.3 is 5.69 Å². The number of nitrogens with zero attached hydrogens (tertiary/aromatic N) is 2. The first kappa shape index (κ1) is 20.6. The third-order valence-electron chi connectivity index (χ3n) is 6.08. The van der Waals surface area contributed by atoms with Gasteiger partial charge < -0.3 is 15.4 Å². The highest BCUT2D eigenvalue weighted by Gasteiger charge is 2.45. The summed E-state index contributed by atoms with van der Waals surface area (Å²) < 4.78 is 6.49. The van der Waals surface area contributed by atoms with Crippen molar-refractivity contribution in [3.05, 3.63) is 20.8 Å². The zero-order chi connectivity index (χ0) is 20.4. The number of methoxy groups -OCH3 is 1. The van der Waals surface area contributed by atoms with Gasteiger partial charge in [-0.3, -0.25) is 19.1 Å². The molecule has 0 aliphatic heterocycles. The van der Waals surface area contributed by atoms with E-state index in [0.29, 0.717) is 38.0 Å². The first-order valence-corrected chi connectivity index (χ1v) is 10.3. The van der Waals surface area contributed by atoms with Crippen LogP contribution < -0.4 is 21.9 Å². The maximum absolute atomic E-state index is 13.4. The second-order valence-electron chi connectivity index (χ2n) is 8.62. The number of hydrogen-bond acceptors (Lipinski definition) is 5. The topological polar surface area (TPSA) is 110 Å². The van der Waals surface area contributed by atoms with Gasteiger partial charge in [0.25, 0.3) is 5.56 Å². The van der Waals surface area contributed by atoms with Crippen molar-refractivity contribution in [3.63, 3.8) is 0 Å². The van der Waals surface area contributed by atoms with E-state index < -0.39 is 11.2 Å². The Kier molecular flexibility index (Phi) is 6.27. The summed E-state index contributed by atoms with van der Waals surface area (Å²) in [6.45, 7) is 5.13. The van der Waals surface area contributed by atoms with Crippen LogP contribution in [0.25, 0.3) is 0 Å². The monoisotopic (exact) mass is 392 g/mol. The number of nitrogen functional groups attached to an aromatic ring is 1. The quantitative estimate of drug-likeness (QED) is 0.653. The fourth-order valence-electron chi connectivity index (χ4n) is 4.83. The van der Waals surface area contributed by atoms with Crippen LogP contribution in [0.4, 0.5) is 11.5 Å². The predicted molar refractivity (Wildman–Crippen MR) is 108 cm³/mol. The molecular weight excluding hydrogens is 360 g/mol. The number of carbonyl (C=O) groups is 1. The zero-order valence-electron chi connectivity index (χ0n) is 17.1. The summed E-state index contributed by atoms with van der Waals surface area (Å²) in [6.07, 6.45) is 4.84. The highest BCUT2D eigenvalue weighted by molar-refractivity contribution is 5.97. The molecular formula is C20H32N4O4. The van der Waals surface area contributed by atoms with Crippen LogP contribution in [-0.4, -0.2) is 35.7 Å². The molecule has 3 rings (SSSR count). The van der Waals surface area contributed by atoms with Gasteiger partial charge in [-0.2, -0.15) is 0 Å². The fourth-order valence-corrected chi connectivity index (χ4v) is 4.83. The molecule has 8 nitrogen and oxygen atoms in total. The van der Waals surface area contributed by atoms with Crippen LogP contribution in [0, 0.1) is 23.7 Å². The predicted octanol–water partition coefficient (Wildman–Crippen LogP) is 1.58. The average molecular weight is 393 g/mol. The molecule has 2 aliphatic rings. The first-order chi connectivity index (χ1) is 13.3. The number of H-pyrrole nitrogens is 1. The number of aromatic nitrogens is 2. The van der Waals surface area contributed by atoms with E-state index in [1.807, 2.05) is 13.8 Å². The number of hydrogen-bond donors (Lipinski definition) is 2. The largest absolute Gasteiger partial charge is 0.385 e. The van der Waals surface area contributed by atoms with Crippen molar-refractivity contribution in [1.82, 2.24) is 9.55 Å². The average Bonchev–Trinajstić information content (AvgIpc) is 3.26. The molecule has 1 amide bonds. The van der Waals surface area contributed by atoms with Crippen LogP contribution in [0.2, 0.25) is 0 Å². The van der Waals surface area contributed by atoms with Gasteiger partial charge in [-0.15, -0.1) is 0 Å². The van der Waals surface area contributed by atoms with E-state index in [1.54, 1.807) is 7.11 Å². The summed E-state index contributed by atoms with van der Waals surface area (Å²) >= 11 is 0. The van der Waals surface area contributed by atoms with Crippen LogP contribution in [0.3, 0.4) is 0 Å². The molecule has 156 valence electrons. The number of anilines is 2. The van der Waals surface area contributed by atoms with Crippen LogP contribution in [-0.2, 0) is 16.1 Å². The van der Waals surface area contributed by atoms with Gasteiger partial charge in [0.15, 0.2) is 5.69 Å². The van der Waals surface area contributed by atoms with E-state index in [1.165, 1.54) is 15.9 Å². The maximum atomic E-state index is 13.4. The molecule has 2 aliphatic carbocycles. The third-order valence-corrected chi connectivity index (χ3v) is 6.08. The molecule has 1 aromatic rings. The van der Waals surface area contributed by atoms with E-state index in [-0.39, 0.29) is 29.2 Å². The Morgan fingerprint density at radius 2 is 2.07 bits per heavy atom. The van der Waals surface area contributed by atoms with Crippen molar-refractivity contribution in [3.8, 4) is 0 Å². The van der Waals surface area contributed by atoms with E-state index in [2.05, 4.69) is 4.98 Å². The van der Waals surface area contributed by atoms with Crippen molar-refractivity contribution < 1.29 is 9.53 Å². The second-order valence-corrected chi connectivity index (χ2v) is 8.62. The summed E-state index contributed by atoms with van der Waals surface area (Å²) in [4.78, 5) is 42.2. The summed E-state index contributed by atoms with van der Waals surface area (Å²) in [5, 5.41) is 0. The molecule has 3 unspecified atom stereocenters. The number of rotatable bonds is 8. The normalized spacial score (nSPS) is 23.5. The molecule has 3 atom stereocenters. The number of carbonyl (C=O) groups excluding carboxylic acids is 1. The molecule has 2 saturated carbocycles. The van der Waals surface area contributed by atoms with Gasteiger partial charge in [-0.1, -0.05) is 20.3 Å². The summed E-state index contributed by atoms with van der Waals surface area (Å²) in [6, 6.07) is 0. The third kappa shape index (κ3) is 4.01. The van der Waals surface area contributed by atoms with Crippen LogP contribution in [0.5, 0.6) is 0 Å². The molecule has 8 heteroatoms. The lowest BCUT2D eigenvalue weighted by atomic mass is 9.87. The number of ether oxygens (including phenoxy) is 1. The second kappa shape index (κ2) is 8.51. The highest BCUT2D eigenvalue weighted by atomic mass is 16.5. The van der Waals surface area contributed by atoms with Crippen molar-refractivity contribution in [2.75, 3.05) is 30.9 Å². The lowest BCUT2D eigenvalue weighted by molar-refractivity contribution is -0.123. The Balaban J connectivity index is 1.99. The van der Waals surface area contributed by atoms with Gasteiger partial charge in [0.2, 0.25) is 5.91 Å². The van der Waals surface area contributed by atoms with E-state index in [9.17, 15) is 14.4 Å². The van der Waals surface area contributed by atoms with Gasteiger partial charge in [-0.25, -0.2) is 4.79 Å². The van der Waals surface area contributed by atoms with E-state index in [4.69, 9.17) is 10.5 Å². The molecule has 1 heterocycles. The van der Waals surface area contributed by atoms with Crippen molar-refractivity contribution >= 4 is 17.4 Å². The van der Waals surface area contributed by atoms with Gasteiger partial charge in [0.05, 0.1) is 0 Å². The maximum Gasteiger partial charge on any atom is 0.330 e. The van der Waals surface area contributed by atoms with E-state index >= 15 is 0 Å². The van der Waals surface area contributed by atoms with Gasteiger partial charge in [-0.05, 0) is 43.4 Å². The summed E-state index contributed by atoms with van der Waals surface area (Å²) in [5.41, 5.74) is 5.23. The number of nitrogens with two attached hydrogens (primary N) is 1. The minimum atomic E-state index is -0.601. The van der Waals surface area contributed by atoms with Gasteiger partial charge in [0.1, 0.15) is 5.82 Å². The van der Waals surface area contributed by atoms with Crippen molar-refractivity contribution in [1.29, 1.82) is 0 Å². The molecule has 2 bridgehead atoms. The molecule has 0 radical (unpaired) electrons. The van der Waals surface area contributed by atoms with Crippen molar-refractivity contribution in [2.24, 2.45) is 23.7 Å². The standard InChI is InChI=1S/C20H32N4O4/c1-12(2)11-24-17(21)16(18(25)22-20(24)27)23(7-4-8-28-3)19(26)15-10-13-5-6-14(15)9-13/h12-15H,4-11,21H2,1-3H3,(H,22,25,27). The van der Waals surface area contributed by atoms with Gasteiger partial charge in [0, 0.05) is 32.7 Å². The molecule has 2 fully saturated rings. The number of fused-ring (bicyclic) bond motifs is 2. The van der Waals surface area contributed by atoms with E-state index in [0.717, 1.165) is 19.3 Å². The SMILES string of the molecule is COCCCN(C(=O)C1CC2CCC1C2)c1c(N)n(CC(C)C)c(=O)[nH]c1=O. The van der Waals surface area contributed by atoms with Crippen molar-refractivity contribution in [2.45, 2.75) is 52.5 Å². The Hall–Kier alpha value is -2.09. The highest BCUT2D eigenvalue weighted by Crippen LogP contribution is 2.49. The zero-order valence-corrected chi connectivity index (χ0v) is 17.1. The molecule has 0 saturated heterocycles. The summed E-state index contributed by atoms with van der Waals surface area (Å²) in [5.74, 6) is 1.13. The smallest absolute Gasteiger partial charge is 0.330 e. The summed E-state index contributed by atoms with van der Waals surface area (Å²) in [7, 11) is 1.60. The number of nitrogens with one attached hydrogen (secondary N) is 1. The Morgan fingerprint density at radius 3 is 2.64 bits per heavy atom. The number of aromatic amines is 1. The first-order valence-electron chi connectivity index (χ1n) is 10.3. The van der Waals surface area contributed by atoms with Crippen LogP contribution in [0.1, 0.15) is 46.0 Å². The molecule has 0 aromatic carbocycles. The Bertz CT molecular complexity index is 828. The minimum Gasteiger partial charge on any atom is -0.385 e. The number of amides is 1. The Labute approximate surface area is 165 Å². The molecule has 0 spiro atoms. The fraction of sp³-hybridized carbons (Fsp3) is 0.750. The molecule has 3 N–H and O–H groups in total.